The van der Waals surface area contributed by atoms with Crippen molar-refractivity contribution in [1.29, 1.82) is 0 Å². The fourth-order valence-corrected chi connectivity index (χ4v) is 1.86. The average molecular weight is 194 g/mol. The minimum absolute atomic E-state index is 0.0113. The number of rotatable bonds is 1. The Morgan fingerprint density at radius 3 is 3.21 bits per heavy atom. The first-order valence-corrected chi connectivity index (χ1v) is 5.02. The van der Waals surface area contributed by atoms with Gasteiger partial charge in [0.15, 0.2) is 0 Å². The van der Waals surface area contributed by atoms with E-state index in [1.165, 1.54) is 6.42 Å². The van der Waals surface area contributed by atoms with Crippen molar-refractivity contribution in [2.24, 2.45) is 0 Å². The van der Waals surface area contributed by atoms with Gasteiger partial charge in [0.25, 0.3) is 0 Å². The molecule has 1 fully saturated rings. The van der Waals surface area contributed by atoms with Crippen LogP contribution in [-0.4, -0.2) is 17.6 Å². The number of pyridine rings is 1. The quantitative estimate of drug-likeness (QED) is 0.744. The predicted molar refractivity (Wildman–Crippen MR) is 59.3 cm³/mol. The van der Waals surface area contributed by atoms with Crippen molar-refractivity contribution in [1.82, 2.24) is 4.98 Å². The molecular weight excluding hydrogens is 174 g/mol. The summed E-state index contributed by atoms with van der Waals surface area (Å²) in [6.07, 6.45) is 3.30. The van der Waals surface area contributed by atoms with E-state index in [1.807, 2.05) is 4.90 Å². The van der Waals surface area contributed by atoms with Crippen LogP contribution in [0.25, 0.3) is 0 Å². The van der Waals surface area contributed by atoms with Gasteiger partial charge in [-0.15, -0.1) is 0 Å². The van der Waals surface area contributed by atoms with Crippen LogP contribution in [0.5, 0.6) is 0 Å². The fraction of sp³-hybridized carbons (Fsp3) is 0.545. The molecule has 2 rings (SSSR count). The summed E-state index contributed by atoms with van der Waals surface area (Å²) < 4.78 is 23.5. The average Bonchev–Trinajstić information content (AvgIpc) is 2.29. The molecular formula is C11H17N3. The van der Waals surface area contributed by atoms with Crippen molar-refractivity contribution in [2.75, 3.05) is 17.2 Å². The van der Waals surface area contributed by atoms with Gasteiger partial charge in [-0.25, -0.2) is 4.98 Å². The monoisotopic (exact) mass is 194 g/mol. The summed E-state index contributed by atoms with van der Waals surface area (Å²) in [6, 6.07) is 0.242. The Labute approximate surface area is 89.1 Å². The van der Waals surface area contributed by atoms with Gasteiger partial charge in [0, 0.05) is 12.6 Å². The summed E-state index contributed by atoms with van der Waals surface area (Å²) in [5, 5.41) is 0. The van der Waals surface area contributed by atoms with Crippen molar-refractivity contribution in [3.05, 3.63) is 18.3 Å². The summed E-state index contributed by atoms with van der Waals surface area (Å²) in [7, 11) is 0. The summed E-state index contributed by atoms with van der Waals surface area (Å²) in [5.74, 6) is -0.0339. The second-order valence-corrected chi connectivity index (χ2v) is 3.75. The Morgan fingerprint density at radius 1 is 1.57 bits per heavy atom. The number of nitrogen functional groups attached to an aromatic ring is 1. The van der Waals surface area contributed by atoms with Gasteiger partial charge >= 0.3 is 0 Å². The molecule has 0 aromatic carbocycles. The van der Waals surface area contributed by atoms with Crippen LogP contribution >= 0.6 is 0 Å². The van der Waals surface area contributed by atoms with Gasteiger partial charge < -0.3 is 10.6 Å². The van der Waals surface area contributed by atoms with Crippen LogP contribution in [0.1, 0.15) is 30.3 Å². The first-order valence-electron chi connectivity index (χ1n) is 6.52. The molecule has 14 heavy (non-hydrogen) atoms. The molecule has 1 aromatic rings. The van der Waals surface area contributed by atoms with Crippen LogP contribution in [0.4, 0.5) is 11.5 Å². The zero-order valence-corrected chi connectivity index (χ0v) is 8.38. The van der Waals surface area contributed by atoms with Crippen molar-refractivity contribution in [3.63, 3.8) is 0 Å². The van der Waals surface area contributed by atoms with E-state index < -0.39 is 0 Å². The molecule has 1 aliphatic heterocycles. The molecule has 1 unspecified atom stereocenters. The topological polar surface area (TPSA) is 42.1 Å². The maximum atomic E-state index is 7.93. The van der Waals surface area contributed by atoms with Gasteiger partial charge in [-0.1, -0.05) is 0 Å². The van der Waals surface area contributed by atoms with E-state index in [1.54, 1.807) is 0 Å². The number of aromatic nitrogens is 1. The zero-order valence-electron chi connectivity index (χ0n) is 11.4. The van der Waals surface area contributed by atoms with Gasteiger partial charge in [0.05, 0.1) is 16.0 Å². The maximum Gasteiger partial charge on any atom is 0.123 e. The third kappa shape index (κ3) is 1.81. The molecule has 0 saturated carbocycles. The minimum Gasteiger partial charge on any atom is -0.384 e. The van der Waals surface area contributed by atoms with E-state index in [9.17, 15) is 0 Å². The smallest absolute Gasteiger partial charge is 0.123 e. The Morgan fingerprint density at radius 2 is 2.43 bits per heavy atom. The molecule has 1 saturated heterocycles. The highest BCUT2D eigenvalue weighted by Gasteiger charge is 2.18. The third-order valence-electron chi connectivity index (χ3n) is 2.68. The van der Waals surface area contributed by atoms with Crippen LogP contribution in [0.15, 0.2) is 18.3 Å². The first kappa shape index (κ1) is 6.27. The summed E-state index contributed by atoms with van der Waals surface area (Å²) in [5.41, 5.74) is 5.95. The molecule has 0 spiro atoms. The van der Waals surface area contributed by atoms with Gasteiger partial charge in [-0.05, 0) is 38.3 Å². The zero-order chi connectivity index (χ0) is 12.6. The molecule has 3 nitrogen and oxygen atoms in total. The van der Waals surface area contributed by atoms with E-state index in [4.69, 9.17) is 9.85 Å². The molecule has 2 heterocycles. The van der Waals surface area contributed by atoms with E-state index in [-0.39, 0.29) is 24.1 Å². The molecule has 1 atom stereocenters. The lowest BCUT2D eigenvalue weighted by molar-refractivity contribution is 0.484. The number of anilines is 2. The van der Waals surface area contributed by atoms with E-state index in [2.05, 4.69) is 11.9 Å². The normalized spacial score (nSPS) is 25.4. The Balaban J connectivity index is 2.47. The summed E-state index contributed by atoms with van der Waals surface area (Å²) >= 11 is 0. The highest BCUT2D eigenvalue weighted by Crippen LogP contribution is 2.23. The first-order chi connectivity index (χ1) is 8.02. The Kier molecular flexibility index (Phi) is 1.73. The molecule has 3 heteroatoms. The SMILES string of the molecule is [2H]c1nc(N)c([2H])c([2H])c1N1CCCCC1C. The molecule has 0 amide bonds. The molecule has 0 bridgehead atoms. The van der Waals surface area contributed by atoms with Gasteiger partial charge in [-0.3, -0.25) is 0 Å². The highest BCUT2D eigenvalue weighted by atomic mass is 15.2. The van der Waals surface area contributed by atoms with Crippen LogP contribution in [0.2, 0.25) is 0 Å². The molecule has 1 aliphatic rings. The lowest BCUT2D eigenvalue weighted by Crippen LogP contribution is -2.37. The Hall–Kier alpha value is -1.25. The fourth-order valence-electron chi connectivity index (χ4n) is 1.86. The molecule has 0 radical (unpaired) electrons. The molecule has 0 aliphatic carbocycles. The third-order valence-corrected chi connectivity index (χ3v) is 2.68. The molecule has 1 aromatic heterocycles. The van der Waals surface area contributed by atoms with Gasteiger partial charge in [0.1, 0.15) is 5.82 Å². The van der Waals surface area contributed by atoms with Crippen LogP contribution in [0, 0.1) is 0 Å². The van der Waals surface area contributed by atoms with Crippen LogP contribution in [0.3, 0.4) is 0 Å². The second kappa shape index (κ2) is 3.86. The lowest BCUT2D eigenvalue weighted by Gasteiger charge is -2.35. The highest BCUT2D eigenvalue weighted by molar-refractivity contribution is 5.49. The van der Waals surface area contributed by atoms with Crippen molar-refractivity contribution in [2.45, 2.75) is 32.2 Å². The number of nitrogens with two attached hydrogens (primary N) is 1. The maximum absolute atomic E-state index is 7.93. The molecule has 2 N–H and O–H groups in total. The predicted octanol–water partition coefficient (Wildman–Crippen LogP) is 2.04. The minimum atomic E-state index is -0.0752. The van der Waals surface area contributed by atoms with Crippen LogP contribution < -0.4 is 10.6 Å². The summed E-state index contributed by atoms with van der Waals surface area (Å²) in [4.78, 5) is 5.85. The van der Waals surface area contributed by atoms with Gasteiger partial charge in [0.2, 0.25) is 0 Å². The van der Waals surface area contributed by atoms with Gasteiger partial charge in [-0.2, -0.15) is 0 Å². The number of hydrogen-bond donors (Lipinski definition) is 1. The number of piperidine rings is 1. The lowest BCUT2D eigenvalue weighted by atomic mass is 10.0. The van der Waals surface area contributed by atoms with E-state index >= 15 is 0 Å². The van der Waals surface area contributed by atoms with Crippen LogP contribution in [-0.2, 0) is 0 Å². The largest absolute Gasteiger partial charge is 0.384 e. The van der Waals surface area contributed by atoms with Crippen molar-refractivity contribution in [3.8, 4) is 0 Å². The molecule has 76 valence electrons. The van der Waals surface area contributed by atoms with E-state index in [0.717, 1.165) is 19.4 Å². The number of hydrogen-bond acceptors (Lipinski definition) is 3. The second-order valence-electron chi connectivity index (χ2n) is 3.75. The summed E-state index contributed by atoms with van der Waals surface area (Å²) in [6.45, 7) is 2.90. The van der Waals surface area contributed by atoms with Crippen molar-refractivity contribution < 1.29 is 4.11 Å². The number of nitrogens with zero attached hydrogens (tertiary/aromatic N) is 2. The van der Waals surface area contributed by atoms with E-state index in [0.29, 0.717) is 11.7 Å². The van der Waals surface area contributed by atoms with Crippen molar-refractivity contribution >= 4 is 11.5 Å². The Bertz CT molecular complexity index is 436. The standard InChI is InChI=1S/C11H17N3/c1-9-4-2-3-7-14(9)10-5-6-11(12)13-8-10/h5-6,8-9H,2-4,7H2,1H3,(H2,12,13)/i5D,6D,8D.